The van der Waals surface area contributed by atoms with Crippen molar-refractivity contribution in [1.29, 1.82) is 0 Å². The van der Waals surface area contributed by atoms with E-state index in [1.165, 1.54) is 17.7 Å². The van der Waals surface area contributed by atoms with Crippen LogP contribution in [0.25, 0.3) is 0 Å². The molecule has 0 radical (unpaired) electrons. The zero-order valence-corrected chi connectivity index (χ0v) is 11.0. The van der Waals surface area contributed by atoms with Crippen molar-refractivity contribution in [3.63, 3.8) is 0 Å². The predicted molar refractivity (Wildman–Crippen MR) is 75.5 cm³/mol. The fourth-order valence-corrected chi connectivity index (χ4v) is 1.93. The number of rotatable bonds is 7. The maximum absolute atomic E-state index is 5.61. The van der Waals surface area contributed by atoms with Crippen LogP contribution in [0.5, 0.6) is 0 Å². The summed E-state index contributed by atoms with van der Waals surface area (Å²) < 4.78 is 0. The van der Waals surface area contributed by atoms with Gasteiger partial charge in [-0.1, -0.05) is 26.0 Å². The molecule has 0 fully saturated rings. The van der Waals surface area contributed by atoms with Crippen LogP contribution in [-0.4, -0.2) is 26.2 Å². The summed E-state index contributed by atoms with van der Waals surface area (Å²) in [7, 11) is 0. The van der Waals surface area contributed by atoms with E-state index in [9.17, 15) is 0 Å². The summed E-state index contributed by atoms with van der Waals surface area (Å²) in [6.07, 6.45) is 1.18. The third kappa shape index (κ3) is 4.02. The minimum absolute atomic E-state index is 0.626. The molecule has 0 heterocycles. The number of benzene rings is 1. The molecule has 3 heteroatoms. The smallest absolute Gasteiger partial charge is 0.0367 e. The zero-order chi connectivity index (χ0) is 12.7. The fraction of sp³-hybridized carbons (Fsp3) is 0.571. The molecule has 0 saturated carbocycles. The van der Waals surface area contributed by atoms with Crippen LogP contribution >= 0.6 is 0 Å². The quantitative estimate of drug-likeness (QED) is 0.759. The van der Waals surface area contributed by atoms with Crippen LogP contribution in [0.3, 0.4) is 0 Å². The molecule has 17 heavy (non-hydrogen) atoms. The Kier molecular flexibility index (Phi) is 6.01. The molecular weight excluding hydrogens is 210 g/mol. The van der Waals surface area contributed by atoms with Gasteiger partial charge in [-0.05, 0) is 30.0 Å². The van der Waals surface area contributed by atoms with Crippen molar-refractivity contribution in [1.82, 2.24) is 0 Å². The lowest BCUT2D eigenvalue weighted by Crippen LogP contribution is -2.33. The van der Waals surface area contributed by atoms with Crippen molar-refractivity contribution in [2.75, 3.05) is 31.1 Å². The second-order valence-electron chi connectivity index (χ2n) is 4.47. The summed E-state index contributed by atoms with van der Waals surface area (Å²) in [5, 5.41) is 0. The third-order valence-corrected chi connectivity index (χ3v) is 3.24. The van der Waals surface area contributed by atoms with Gasteiger partial charge in [-0.15, -0.1) is 0 Å². The molecule has 96 valence electrons. The minimum atomic E-state index is 0.626. The second-order valence-corrected chi connectivity index (χ2v) is 4.47. The molecule has 3 nitrogen and oxygen atoms in total. The minimum Gasteiger partial charge on any atom is -0.369 e. The van der Waals surface area contributed by atoms with Crippen molar-refractivity contribution in [3.05, 3.63) is 29.8 Å². The Morgan fingerprint density at radius 1 is 1.06 bits per heavy atom. The van der Waals surface area contributed by atoms with Gasteiger partial charge >= 0.3 is 0 Å². The van der Waals surface area contributed by atoms with E-state index < -0.39 is 0 Å². The Labute approximate surface area is 105 Å². The Morgan fingerprint density at radius 3 is 2.00 bits per heavy atom. The van der Waals surface area contributed by atoms with E-state index >= 15 is 0 Å². The van der Waals surface area contributed by atoms with E-state index in [1.807, 2.05) is 0 Å². The van der Waals surface area contributed by atoms with Gasteiger partial charge in [0.2, 0.25) is 0 Å². The van der Waals surface area contributed by atoms with Crippen LogP contribution < -0.4 is 16.4 Å². The lowest BCUT2D eigenvalue weighted by molar-refractivity contribution is 0.732. The van der Waals surface area contributed by atoms with Gasteiger partial charge in [-0.3, -0.25) is 0 Å². The van der Waals surface area contributed by atoms with Crippen molar-refractivity contribution >= 4 is 5.69 Å². The van der Waals surface area contributed by atoms with E-state index in [0.29, 0.717) is 19.0 Å². The van der Waals surface area contributed by atoms with Gasteiger partial charge in [0.15, 0.2) is 0 Å². The van der Waals surface area contributed by atoms with Crippen LogP contribution in [0.4, 0.5) is 5.69 Å². The standard InChI is InChI=1S/C14H25N3/c1-3-12(2)13-4-6-14(7-5-13)17(10-8-15)11-9-16/h4-7,12H,3,8-11,15-16H2,1-2H3. The van der Waals surface area contributed by atoms with Crippen LogP contribution in [0, 0.1) is 0 Å². The molecule has 1 rings (SSSR count). The Balaban J connectivity index is 2.76. The largest absolute Gasteiger partial charge is 0.369 e. The molecule has 4 N–H and O–H groups in total. The fourth-order valence-electron chi connectivity index (χ4n) is 1.93. The van der Waals surface area contributed by atoms with Crippen molar-refractivity contribution in [3.8, 4) is 0 Å². The molecule has 0 aliphatic heterocycles. The lowest BCUT2D eigenvalue weighted by Gasteiger charge is -2.24. The summed E-state index contributed by atoms with van der Waals surface area (Å²) in [6, 6.07) is 8.77. The SMILES string of the molecule is CCC(C)c1ccc(N(CCN)CCN)cc1. The molecule has 1 atom stereocenters. The number of nitrogens with zero attached hydrogens (tertiary/aromatic N) is 1. The number of hydrogen-bond donors (Lipinski definition) is 2. The Hall–Kier alpha value is -1.06. The molecule has 0 spiro atoms. The molecule has 0 aromatic heterocycles. The number of hydrogen-bond acceptors (Lipinski definition) is 3. The highest BCUT2D eigenvalue weighted by Crippen LogP contribution is 2.22. The lowest BCUT2D eigenvalue weighted by atomic mass is 9.98. The van der Waals surface area contributed by atoms with Crippen LogP contribution in [0.1, 0.15) is 31.7 Å². The van der Waals surface area contributed by atoms with Gasteiger partial charge in [-0.2, -0.15) is 0 Å². The number of nitrogens with two attached hydrogens (primary N) is 2. The van der Waals surface area contributed by atoms with Gasteiger partial charge in [-0.25, -0.2) is 0 Å². The van der Waals surface area contributed by atoms with E-state index in [4.69, 9.17) is 11.5 Å². The monoisotopic (exact) mass is 235 g/mol. The van der Waals surface area contributed by atoms with Gasteiger partial charge in [0, 0.05) is 31.9 Å². The first kappa shape index (κ1) is 14.0. The van der Waals surface area contributed by atoms with E-state index in [1.54, 1.807) is 0 Å². The maximum Gasteiger partial charge on any atom is 0.0367 e. The van der Waals surface area contributed by atoms with Crippen molar-refractivity contribution in [2.24, 2.45) is 11.5 Å². The Bertz CT molecular complexity index is 302. The zero-order valence-electron chi connectivity index (χ0n) is 11.0. The second kappa shape index (κ2) is 7.30. The summed E-state index contributed by atoms with van der Waals surface area (Å²) in [4.78, 5) is 2.24. The normalized spacial score (nSPS) is 12.5. The van der Waals surface area contributed by atoms with Gasteiger partial charge < -0.3 is 16.4 Å². The highest BCUT2D eigenvalue weighted by atomic mass is 15.1. The highest BCUT2D eigenvalue weighted by Gasteiger charge is 2.06. The first-order valence-electron chi connectivity index (χ1n) is 6.48. The van der Waals surface area contributed by atoms with Crippen LogP contribution in [-0.2, 0) is 0 Å². The molecule has 0 aliphatic rings. The maximum atomic E-state index is 5.61. The molecule has 0 bridgehead atoms. The molecule has 1 aromatic carbocycles. The first-order valence-corrected chi connectivity index (χ1v) is 6.48. The highest BCUT2D eigenvalue weighted by molar-refractivity contribution is 5.48. The average Bonchev–Trinajstić information content (AvgIpc) is 2.38. The van der Waals surface area contributed by atoms with Gasteiger partial charge in [0.1, 0.15) is 0 Å². The van der Waals surface area contributed by atoms with E-state index in [-0.39, 0.29) is 0 Å². The van der Waals surface area contributed by atoms with Gasteiger partial charge in [0.25, 0.3) is 0 Å². The summed E-state index contributed by atoms with van der Waals surface area (Å²) in [5.74, 6) is 0.626. The first-order chi connectivity index (χ1) is 8.22. The van der Waals surface area contributed by atoms with Crippen LogP contribution in [0.15, 0.2) is 24.3 Å². The molecule has 1 unspecified atom stereocenters. The molecule has 0 saturated heterocycles. The molecule has 1 aromatic rings. The molecular formula is C14H25N3. The van der Waals surface area contributed by atoms with E-state index in [2.05, 4.69) is 43.0 Å². The van der Waals surface area contributed by atoms with Crippen LogP contribution in [0.2, 0.25) is 0 Å². The summed E-state index contributed by atoms with van der Waals surface area (Å²) >= 11 is 0. The van der Waals surface area contributed by atoms with E-state index in [0.717, 1.165) is 13.1 Å². The number of anilines is 1. The summed E-state index contributed by atoms with van der Waals surface area (Å²) in [6.45, 7) is 7.51. The molecule has 0 amide bonds. The van der Waals surface area contributed by atoms with Gasteiger partial charge in [0.05, 0.1) is 0 Å². The summed E-state index contributed by atoms with van der Waals surface area (Å²) in [5.41, 5.74) is 13.8. The topological polar surface area (TPSA) is 55.3 Å². The van der Waals surface area contributed by atoms with Crippen molar-refractivity contribution in [2.45, 2.75) is 26.2 Å². The molecule has 0 aliphatic carbocycles. The Morgan fingerprint density at radius 2 is 1.59 bits per heavy atom. The van der Waals surface area contributed by atoms with Crippen molar-refractivity contribution < 1.29 is 0 Å². The third-order valence-electron chi connectivity index (χ3n) is 3.24. The average molecular weight is 235 g/mol. The predicted octanol–water partition coefficient (Wildman–Crippen LogP) is 1.92.